The van der Waals surface area contributed by atoms with E-state index >= 15 is 0 Å². The first-order valence-electron chi connectivity index (χ1n) is 10.4. The van der Waals surface area contributed by atoms with Crippen molar-refractivity contribution in [2.45, 2.75) is 58.0 Å². The number of carbonyl (C=O) groups is 1. The molecule has 0 saturated carbocycles. The predicted molar refractivity (Wildman–Crippen MR) is 118 cm³/mol. The van der Waals surface area contributed by atoms with Gasteiger partial charge in [0.1, 0.15) is 5.60 Å². The molecule has 0 radical (unpaired) electrons. The van der Waals surface area contributed by atoms with Crippen LogP contribution in [0.5, 0.6) is 0 Å². The molecule has 6 heteroatoms. The summed E-state index contributed by atoms with van der Waals surface area (Å²) >= 11 is 0. The molecular formula is C24H30N2O4. The lowest BCUT2D eigenvalue weighted by atomic mass is 9.71. The van der Waals surface area contributed by atoms with Gasteiger partial charge in [-0.25, -0.2) is 9.59 Å². The molecule has 1 atom stereocenters. The molecule has 0 aliphatic rings. The Morgan fingerprint density at radius 2 is 1.83 bits per heavy atom. The predicted octanol–water partition coefficient (Wildman–Crippen LogP) is 5.12. The number of rotatable bonds is 7. The number of aromatic amines is 1. The number of unbranched alkanes of at least 4 members (excludes halogenated alkanes) is 1. The maximum Gasteiger partial charge on any atom is 0.417 e. The van der Waals surface area contributed by atoms with Gasteiger partial charge in [0.05, 0.1) is 5.52 Å². The molecule has 160 valence electrons. The van der Waals surface area contributed by atoms with Gasteiger partial charge in [-0.3, -0.25) is 4.98 Å². The molecule has 2 N–H and O–H groups in total. The number of benzene rings is 2. The molecule has 0 spiro atoms. The number of nitrogens with one attached hydrogen (secondary N) is 2. The Bertz CT molecular complexity index is 1050. The molecule has 0 fully saturated rings. The maximum atomic E-state index is 12.5. The van der Waals surface area contributed by atoms with Crippen LogP contribution in [-0.4, -0.2) is 23.2 Å². The molecule has 1 unspecified atom stereocenters. The van der Waals surface area contributed by atoms with Crippen LogP contribution in [-0.2, 0) is 10.2 Å². The van der Waals surface area contributed by atoms with Gasteiger partial charge in [0.15, 0.2) is 5.58 Å². The van der Waals surface area contributed by atoms with Crippen LogP contribution in [0, 0.1) is 0 Å². The molecule has 1 heterocycles. The fraction of sp³-hybridized carbons (Fsp3) is 0.417. The molecule has 2 aromatic carbocycles. The smallest absolute Gasteiger partial charge is 0.417 e. The Balaban J connectivity index is 2.06. The number of fused-ring (bicyclic) bond motifs is 1. The van der Waals surface area contributed by atoms with E-state index in [1.54, 1.807) is 0 Å². The van der Waals surface area contributed by atoms with Gasteiger partial charge in [-0.05, 0) is 50.5 Å². The van der Waals surface area contributed by atoms with Gasteiger partial charge >= 0.3 is 11.8 Å². The minimum absolute atomic E-state index is 0.367. The number of H-pyrrole nitrogens is 1. The van der Waals surface area contributed by atoms with Crippen molar-refractivity contribution in [3.8, 4) is 0 Å². The van der Waals surface area contributed by atoms with E-state index in [0.29, 0.717) is 17.6 Å². The lowest BCUT2D eigenvalue weighted by molar-refractivity contribution is 0.0517. The Morgan fingerprint density at radius 3 is 2.50 bits per heavy atom. The largest absolute Gasteiger partial charge is 0.444 e. The molecular weight excluding hydrogens is 380 g/mol. The molecule has 1 aromatic heterocycles. The Hall–Kier alpha value is -3.02. The van der Waals surface area contributed by atoms with Crippen LogP contribution in [0.15, 0.2) is 57.7 Å². The average Bonchev–Trinajstić information content (AvgIpc) is 3.07. The monoisotopic (exact) mass is 410 g/mol. The van der Waals surface area contributed by atoms with Crippen LogP contribution in [0.2, 0.25) is 0 Å². The van der Waals surface area contributed by atoms with Crippen molar-refractivity contribution < 1.29 is 13.9 Å². The number of ether oxygens (including phenoxy) is 1. The fourth-order valence-corrected chi connectivity index (χ4v) is 3.76. The zero-order valence-corrected chi connectivity index (χ0v) is 18.1. The van der Waals surface area contributed by atoms with Gasteiger partial charge in [0.25, 0.3) is 0 Å². The lowest BCUT2D eigenvalue weighted by Crippen LogP contribution is -2.43. The standard InChI is InChI=1S/C24H30N2O4/c1-5-6-14-24(17-10-8-7-9-11-17,16-25-21(27)30-23(2,3)4)18-12-13-19-20(15-18)29-22(28)26-19/h7-13,15H,5-6,14,16H2,1-4H3,(H,25,27)(H,26,28). The van der Waals surface area contributed by atoms with Crippen molar-refractivity contribution in [3.63, 3.8) is 0 Å². The lowest BCUT2D eigenvalue weighted by Gasteiger charge is -2.36. The van der Waals surface area contributed by atoms with E-state index in [4.69, 9.17) is 9.15 Å². The number of carbonyl (C=O) groups excluding carboxylic acids is 1. The number of alkyl carbamates (subject to hydrolysis) is 1. The third kappa shape index (κ3) is 4.93. The van der Waals surface area contributed by atoms with E-state index in [2.05, 4.69) is 29.4 Å². The second kappa shape index (κ2) is 8.78. The quantitative estimate of drug-likeness (QED) is 0.566. The van der Waals surface area contributed by atoms with E-state index in [1.807, 2.05) is 57.2 Å². The molecule has 0 aliphatic carbocycles. The minimum atomic E-state index is -0.573. The summed E-state index contributed by atoms with van der Waals surface area (Å²) in [5.74, 6) is -0.479. The van der Waals surface area contributed by atoms with Crippen molar-refractivity contribution in [2.75, 3.05) is 6.54 Å². The van der Waals surface area contributed by atoms with Crippen LogP contribution >= 0.6 is 0 Å². The van der Waals surface area contributed by atoms with Crippen LogP contribution in [0.3, 0.4) is 0 Å². The number of hydrogen-bond donors (Lipinski definition) is 2. The van der Waals surface area contributed by atoms with Crippen LogP contribution < -0.4 is 11.1 Å². The first kappa shape index (κ1) is 21.7. The third-order valence-corrected chi connectivity index (χ3v) is 5.19. The first-order valence-corrected chi connectivity index (χ1v) is 10.4. The van der Waals surface area contributed by atoms with E-state index in [1.165, 1.54) is 0 Å². The van der Waals surface area contributed by atoms with E-state index < -0.39 is 22.9 Å². The molecule has 0 bridgehead atoms. The van der Waals surface area contributed by atoms with Crippen molar-refractivity contribution in [2.24, 2.45) is 0 Å². The average molecular weight is 411 g/mol. The second-order valence-corrected chi connectivity index (χ2v) is 8.63. The molecule has 0 saturated heterocycles. The molecule has 3 aromatic rings. The highest BCUT2D eigenvalue weighted by Crippen LogP contribution is 2.38. The third-order valence-electron chi connectivity index (χ3n) is 5.19. The van der Waals surface area contributed by atoms with Crippen molar-refractivity contribution in [3.05, 3.63) is 70.2 Å². The summed E-state index contributed by atoms with van der Waals surface area (Å²) in [6, 6.07) is 15.9. The van der Waals surface area contributed by atoms with Crippen molar-refractivity contribution in [1.29, 1.82) is 0 Å². The summed E-state index contributed by atoms with van der Waals surface area (Å²) in [5.41, 5.74) is 2.17. The highest BCUT2D eigenvalue weighted by Gasteiger charge is 2.35. The van der Waals surface area contributed by atoms with Crippen molar-refractivity contribution in [1.82, 2.24) is 10.3 Å². The van der Waals surface area contributed by atoms with Gasteiger partial charge in [-0.2, -0.15) is 0 Å². The highest BCUT2D eigenvalue weighted by atomic mass is 16.6. The van der Waals surface area contributed by atoms with Gasteiger partial charge in [0.2, 0.25) is 0 Å². The van der Waals surface area contributed by atoms with Crippen molar-refractivity contribution >= 4 is 17.2 Å². The molecule has 30 heavy (non-hydrogen) atoms. The first-order chi connectivity index (χ1) is 14.2. The van der Waals surface area contributed by atoms with Crippen LogP contribution in [0.25, 0.3) is 11.1 Å². The Kier molecular flexibility index (Phi) is 6.34. The summed E-state index contributed by atoms with van der Waals surface area (Å²) in [7, 11) is 0. The Labute approximate surface area is 176 Å². The fourth-order valence-electron chi connectivity index (χ4n) is 3.76. The van der Waals surface area contributed by atoms with Gasteiger partial charge in [0, 0.05) is 12.0 Å². The molecule has 3 rings (SSSR count). The number of amides is 1. The minimum Gasteiger partial charge on any atom is -0.444 e. The summed E-state index contributed by atoms with van der Waals surface area (Å²) in [6.07, 6.45) is 2.36. The van der Waals surface area contributed by atoms with E-state index in [9.17, 15) is 9.59 Å². The SMILES string of the molecule is CCCCC(CNC(=O)OC(C)(C)C)(c1ccccc1)c1ccc2[nH]c(=O)oc2c1. The number of oxazole rings is 1. The topological polar surface area (TPSA) is 84.3 Å². The van der Waals surface area contributed by atoms with Gasteiger partial charge < -0.3 is 14.5 Å². The second-order valence-electron chi connectivity index (χ2n) is 8.63. The molecule has 6 nitrogen and oxygen atoms in total. The van der Waals surface area contributed by atoms with Crippen LogP contribution in [0.1, 0.15) is 58.1 Å². The van der Waals surface area contributed by atoms with Crippen LogP contribution in [0.4, 0.5) is 4.79 Å². The van der Waals surface area contributed by atoms with Gasteiger partial charge in [-0.15, -0.1) is 0 Å². The molecule has 0 aliphatic heterocycles. The van der Waals surface area contributed by atoms with Gasteiger partial charge in [-0.1, -0.05) is 56.2 Å². The zero-order valence-electron chi connectivity index (χ0n) is 18.1. The summed E-state index contributed by atoms with van der Waals surface area (Å²) in [4.78, 5) is 26.8. The summed E-state index contributed by atoms with van der Waals surface area (Å²) < 4.78 is 10.8. The highest BCUT2D eigenvalue weighted by molar-refractivity contribution is 5.74. The molecule has 1 amide bonds. The maximum absolute atomic E-state index is 12.5. The van der Waals surface area contributed by atoms with E-state index in [0.717, 1.165) is 30.4 Å². The number of hydrogen-bond acceptors (Lipinski definition) is 4. The number of aromatic nitrogens is 1. The summed E-state index contributed by atoms with van der Waals surface area (Å²) in [5, 5.41) is 2.98. The normalized spacial score (nSPS) is 13.7. The summed E-state index contributed by atoms with van der Waals surface area (Å²) in [6.45, 7) is 8.04. The zero-order chi connectivity index (χ0) is 21.8. The van der Waals surface area contributed by atoms with E-state index in [-0.39, 0.29) is 0 Å². The Morgan fingerprint density at radius 1 is 1.10 bits per heavy atom.